The van der Waals surface area contributed by atoms with Crippen LogP contribution in [0.25, 0.3) is 0 Å². The summed E-state index contributed by atoms with van der Waals surface area (Å²) in [5, 5.41) is 3.13. The van der Waals surface area contributed by atoms with Crippen LogP contribution in [0, 0.1) is 13.8 Å². The van der Waals surface area contributed by atoms with Crippen molar-refractivity contribution in [3.05, 3.63) is 29.3 Å². The lowest BCUT2D eigenvalue weighted by molar-refractivity contribution is -0.120. The molecule has 1 rings (SSSR count). The Kier molecular flexibility index (Phi) is 6.36. The Morgan fingerprint density at radius 3 is 2.79 bits per heavy atom. The number of amides is 1. The van der Waals surface area contributed by atoms with Crippen molar-refractivity contribution >= 4 is 5.91 Å². The van der Waals surface area contributed by atoms with Crippen LogP contribution in [0.2, 0.25) is 0 Å². The zero-order valence-corrected chi connectivity index (χ0v) is 12.0. The van der Waals surface area contributed by atoms with Crippen molar-refractivity contribution in [3.63, 3.8) is 0 Å². The topological polar surface area (TPSA) is 64.3 Å². The molecule has 0 aliphatic rings. The molecule has 0 saturated carbocycles. The minimum absolute atomic E-state index is 0.315. The zero-order valence-electron chi connectivity index (χ0n) is 12.0. The Hall–Kier alpha value is -1.55. The van der Waals surface area contributed by atoms with Crippen LogP contribution in [-0.2, 0) is 4.79 Å². The van der Waals surface area contributed by atoms with Crippen molar-refractivity contribution in [1.29, 1.82) is 0 Å². The van der Waals surface area contributed by atoms with Crippen molar-refractivity contribution in [1.82, 2.24) is 5.32 Å². The summed E-state index contributed by atoms with van der Waals surface area (Å²) < 4.78 is 5.73. The lowest BCUT2D eigenvalue weighted by atomic mass is 10.1. The van der Waals surface area contributed by atoms with Crippen molar-refractivity contribution in [2.45, 2.75) is 39.7 Å². The van der Waals surface area contributed by atoms with Gasteiger partial charge in [0.1, 0.15) is 5.75 Å². The molecule has 0 spiro atoms. The molecule has 1 aromatic carbocycles. The number of benzene rings is 1. The number of rotatable bonds is 8. The maximum atomic E-state index is 11.3. The van der Waals surface area contributed by atoms with Crippen LogP contribution in [0.15, 0.2) is 18.2 Å². The number of aryl methyl sites for hydroxylation is 1. The Morgan fingerprint density at radius 2 is 2.16 bits per heavy atom. The van der Waals surface area contributed by atoms with Crippen LogP contribution in [-0.4, -0.2) is 25.1 Å². The van der Waals surface area contributed by atoms with Crippen LogP contribution in [0.1, 0.15) is 30.9 Å². The van der Waals surface area contributed by atoms with E-state index in [9.17, 15) is 4.79 Å². The van der Waals surface area contributed by atoms with Crippen LogP contribution in [0.3, 0.4) is 0 Å². The highest BCUT2D eigenvalue weighted by Gasteiger charge is 2.14. The van der Waals surface area contributed by atoms with Crippen molar-refractivity contribution < 1.29 is 9.53 Å². The van der Waals surface area contributed by atoms with Gasteiger partial charge in [-0.1, -0.05) is 19.1 Å². The highest BCUT2D eigenvalue weighted by Crippen LogP contribution is 2.20. The van der Waals surface area contributed by atoms with E-state index in [0.29, 0.717) is 13.0 Å². The highest BCUT2D eigenvalue weighted by molar-refractivity contribution is 5.79. The standard InChI is InChI=1S/C15H24N2O2/c1-4-9-17-13(15(16)18)8-10-19-14-7-5-6-11(2)12(14)3/h5-7,13,17H,4,8-10H2,1-3H3,(H2,16,18). The lowest BCUT2D eigenvalue weighted by Gasteiger charge is -2.16. The number of hydrogen-bond acceptors (Lipinski definition) is 3. The maximum absolute atomic E-state index is 11.3. The molecule has 0 bridgehead atoms. The molecule has 0 aliphatic heterocycles. The van der Waals surface area contributed by atoms with E-state index in [1.54, 1.807) is 0 Å². The zero-order chi connectivity index (χ0) is 14.3. The smallest absolute Gasteiger partial charge is 0.234 e. The van der Waals surface area contributed by atoms with E-state index in [1.807, 2.05) is 19.1 Å². The van der Waals surface area contributed by atoms with Gasteiger partial charge in [-0.3, -0.25) is 4.79 Å². The first-order valence-electron chi connectivity index (χ1n) is 6.78. The van der Waals surface area contributed by atoms with Crippen molar-refractivity contribution in [2.75, 3.05) is 13.2 Å². The molecule has 1 unspecified atom stereocenters. The normalized spacial score (nSPS) is 12.2. The second kappa shape index (κ2) is 7.79. The van der Waals surface area contributed by atoms with Crippen LogP contribution < -0.4 is 15.8 Å². The molecule has 19 heavy (non-hydrogen) atoms. The van der Waals surface area contributed by atoms with Gasteiger partial charge >= 0.3 is 0 Å². The summed E-state index contributed by atoms with van der Waals surface area (Å²) in [4.78, 5) is 11.3. The number of nitrogens with one attached hydrogen (secondary N) is 1. The number of carbonyl (C=O) groups is 1. The third-order valence-electron chi connectivity index (χ3n) is 3.20. The van der Waals surface area contributed by atoms with Crippen LogP contribution in [0.4, 0.5) is 0 Å². The van der Waals surface area contributed by atoms with Gasteiger partial charge in [-0.25, -0.2) is 0 Å². The van der Waals surface area contributed by atoms with Gasteiger partial charge in [0.05, 0.1) is 12.6 Å². The first-order chi connectivity index (χ1) is 9.06. The molecule has 0 aromatic heterocycles. The monoisotopic (exact) mass is 264 g/mol. The first kappa shape index (κ1) is 15.5. The van der Waals surface area contributed by atoms with Gasteiger partial charge in [0.25, 0.3) is 0 Å². The van der Waals surface area contributed by atoms with Gasteiger partial charge in [0.15, 0.2) is 0 Å². The Bertz CT molecular complexity index is 419. The summed E-state index contributed by atoms with van der Waals surface area (Å²) in [6, 6.07) is 5.65. The molecule has 1 aromatic rings. The Balaban J connectivity index is 2.47. The average molecular weight is 264 g/mol. The van der Waals surface area contributed by atoms with E-state index in [1.165, 1.54) is 5.56 Å². The molecular weight excluding hydrogens is 240 g/mol. The van der Waals surface area contributed by atoms with E-state index in [4.69, 9.17) is 10.5 Å². The average Bonchev–Trinajstić information content (AvgIpc) is 2.38. The van der Waals surface area contributed by atoms with E-state index < -0.39 is 0 Å². The summed E-state index contributed by atoms with van der Waals surface area (Å²) in [6.07, 6.45) is 1.56. The minimum atomic E-state index is -0.321. The van der Waals surface area contributed by atoms with Crippen molar-refractivity contribution in [3.8, 4) is 5.75 Å². The number of ether oxygens (including phenoxy) is 1. The second-order valence-corrected chi connectivity index (χ2v) is 4.74. The summed E-state index contributed by atoms with van der Waals surface area (Å²) in [5.41, 5.74) is 7.69. The first-order valence-corrected chi connectivity index (χ1v) is 6.78. The predicted molar refractivity (Wildman–Crippen MR) is 77.3 cm³/mol. The lowest BCUT2D eigenvalue weighted by Crippen LogP contribution is -2.42. The molecule has 0 radical (unpaired) electrons. The third-order valence-corrected chi connectivity index (χ3v) is 3.20. The molecule has 106 valence electrons. The van der Waals surface area contributed by atoms with Gasteiger partial charge in [-0.2, -0.15) is 0 Å². The molecule has 0 saturated heterocycles. The van der Waals surface area contributed by atoms with Gasteiger partial charge in [-0.05, 0) is 44.0 Å². The molecule has 3 N–H and O–H groups in total. The number of carbonyl (C=O) groups excluding carboxylic acids is 1. The molecular formula is C15H24N2O2. The predicted octanol–water partition coefficient (Wildman–Crippen LogP) is 1.93. The SMILES string of the molecule is CCCNC(CCOc1cccc(C)c1C)C(N)=O. The molecule has 0 fully saturated rings. The molecule has 1 atom stereocenters. The van der Waals surface area contributed by atoms with E-state index in [2.05, 4.69) is 25.2 Å². The maximum Gasteiger partial charge on any atom is 0.234 e. The van der Waals surface area contributed by atoms with Crippen molar-refractivity contribution in [2.24, 2.45) is 5.73 Å². The number of primary amides is 1. The fourth-order valence-corrected chi connectivity index (χ4v) is 1.83. The molecule has 0 heterocycles. The summed E-state index contributed by atoms with van der Waals surface area (Å²) >= 11 is 0. The van der Waals surface area contributed by atoms with E-state index in [0.717, 1.165) is 24.3 Å². The Morgan fingerprint density at radius 1 is 1.42 bits per heavy atom. The Labute approximate surface area is 115 Å². The second-order valence-electron chi connectivity index (χ2n) is 4.74. The van der Waals surface area contributed by atoms with Gasteiger partial charge in [0.2, 0.25) is 5.91 Å². The van der Waals surface area contributed by atoms with Crippen LogP contribution >= 0.6 is 0 Å². The molecule has 0 aliphatic carbocycles. The van der Waals surface area contributed by atoms with Gasteiger partial charge in [0, 0.05) is 6.42 Å². The largest absolute Gasteiger partial charge is 0.493 e. The molecule has 4 heteroatoms. The highest BCUT2D eigenvalue weighted by atomic mass is 16.5. The minimum Gasteiger partial charge on any atom is -0.493 e. The summed E-state index contributed by atoms with van der Waals surface area (Å²) in [5.74, 6) is 0.553. The quantitative estimate of drug-likeness (QED) is 0.754. The molecule has 4 nitrogen and oxygen atoms in total. The summed E-state index contributed by atoms with van der Waals surface area (Å²) in [6.45, 7) is 7.41. The summed E-state index contributed by atoms with van der Waals surface area (Å²) in [7, 11) is 0. The van der Waals surface area contributed by atoms with E-state index >= 15 is 0 Å². The number of nitrogens with two attached hydrogens (primary N) is 1. The number of hydrogen-bond donors (Lipinski definition) is 2. The van der Waals surface area contributed by atoms with Gasteiger partial charge < -0.3 is 15.8 Å². The third kappa shape index (κ3) is 4.91. The fourth-order valence-electron chi connectivity index (χ4n) is 1.83. The van der Waals surface area contributed by atoms with Crippen LogP contribution in [0.5, 0.6) is 5.75 Å². The molecule has 1 amide bonds. The van der Waals surface area contributed by atoms with E-state index in [-0.39, 0.29) is 11.9 Å². The fraction of sp³-hybridized carbons (Fsp3) is 0.533. The van der Waals surface area contributed by atoms with Gasteiger partial charge in [-0.15, -0.1) is 0 Å².